The minimum Gasteiger partial charge on any atom is -0.457 e. The number of ether oxygens (including phenoxy) is 1. The van der Waals surface area contributed by atoms with Gasteiger partial charge in [0.15, 0.2) is 0 Å². The van der Waals surface area contributed by atoms with Gasteiger partial charge in [0.1, 0.15) is 23.3 Å². The van der Waals surface area contributed by atoms with E-state index >= 15 is 0 Å². The molecule has 0 radical (unpaired) electrons. The van der Waals surface area contributed by atoms with Crippen molar-refractivity contribution in [2.75, 3.05) is 13.1 Å². The van der Waals surface area contributed by atoms with Gasteiger partial charge in [-0.2, -0.15) is 10.4 Å². The zero-order valence-electron chi connectivity index (χ0n) is 17.9. The van der Waals surface area contributed by atoms with E-state index < -0.39 is 0 Å². The van der Waals surface area contributed by atoms with Gasteiger partial charge in [0.2, 0.25) is 5.91 Å². The summed E-state index contributed by atoms with van der Waals surface area (Å²) in [4.78, 5) is 18.1. The van der Waals surface area contributed by atoms with Gasteiger partial charge in [0.25, 0.3) is 0 Å². The molecule has 5 rings (SSSR count). The number of amides is 1. The van der Waals surface area contributed by atoms with Crippen molar-refractivity contribution in [3.63, 3.8) is 0 Å². The van der Waals surface area contributed by atoms with E-state index in [2.05, 4.69) is 17.6 Å². The third-order valence-electron chi connectivity index (χ3n) is 5.83. The van der Waals surface area contributed by atoms with Gasteiger partial charge in [0, 0.05) is 36.4 Å². The molecular formula is C26H21N5O2. The fourth-order valence-corrected chi connectivity index (χ4v) is 4.22. The van der Waals surface area contributed by atoms with Gasteiger partial charge in [0.05, 0.1) is 17.1 Å². The highest BCUT2D eigenvalue weighted by Crippen LogP contribution is 2.34. The summed E-state index contributed by atoms with van der Waals surface area (Å²) in [5.74, 6) is 1.40. The molecule has 1 atom stereocenters. The molecule has 7 heteroatoms. The number of carbonyl (C=O) groups is 1. The number of aromatic nitrogens is 3. The zero-order valence-corrected chi connectivity index (χ0v) is 17.9. The van der Waals surface area contributed by atoms with Gasteiger partial charge in [-0.1, -0.05) is 24.8 Å². The second kappa shape index (κ2) is 8.60. The van der Waals surface area contributed by atoms with Crippen LogP contribution in [0.2, 0.25) is 0 Å². The Morgan fingerprint density at radius 1 is 1.12 bits per heavy atom. The molecule has 162 valence electrons. The van der Waals surface area contributed by atoms with Crippen LogP contribution in [0.3, 0.4) is 0 Å². The topological polar surface area (TPSA) is 84.0 Å². The molecule has 1 amide bonds. The number of para-hydroxylation sites is 1. The number of rotatable bonds is 5. The number of nitrogens with zero attached hydrogens (tertiary/aromatic N) is 5. The number of fused-ring (bicyclic) bond motifs is 1. The number of pyridine rings is 1. The Labute approximate surface area is 191 Å². The molecule has 4 aromatic rings. The molecule has 0 aliphatic carbocycles. The predicted octanol–water partition coefficient (Wildman–Crippen LogP) is 4.72. The highest BCUT2D eigenvalue weighted by molar-refractivity contribution is 5.95. The van der Waals surface area contributed by atoms with Crippen LogP contribution in [0.25, 0.3) is 22.2 Å². The van der Waals surface area contributed by atoms with Crippen LogP contribution in [0.1, 0.15) is 18.0 Å². The van der Waals surface area contributed by atoms with Crippen LogP contribution in [0.5, 0.6) is 11.5 Å². The van der Waals surface area contributed by atoms with Gasteiger partial charge < -0.3 is 9.64 Å². The maximum Gasteiger partial charge on any atom is 0.246 e. The van der Waals surface area contributed by atoms with E-state index in [0.29, 0.717) is 18.7 Å². The van der Waals surface area contributed by atoms with Crippen LogP contribution in [0.15, 0.2) is 79.6 Å². The summed E-state index contributed by atoms with van der Waals surface area (Å²) in [7, 11) is 0. The minimum atomic E-state index is -0.0923. The third kappa shape index (κ3) is 3.83. The monoisotopic (exact) mass is 435 g/mol. The summed E-state index contributed by atoms with van der Waals surface area (Å²) in [6.45, 7) is 4.74. The molecule has 0 bridgehead atoms. The lowest BCUT2D eigenvalue weighted by Crippen LogP contribution is -2.27. The first-order valence-corrected chi connectivity index (χ1v) is 10.7. The van der Waals surface area contributed by atoms with Gasteiger partial charge in [-0.25, -0.2) is 0 Å². The standard InChI is InChI=1S/C26H21N5O2/c1-2-24(32)30-13-12-20(17-30)31-26-19(14-27)15-28-16-23(26)25(29-31)18-8-10-22(11-9-18)33-21-6-4-3-5-7-21/h2-11,15-16,20H,1,12-13,17H2. The fraction of sp³-hybridized carbons (Fsp3) is 0.154. The molecule has 1 aliphatic heterocycles. The number of hydrogen-bond acceptors (Lipinski definition) is 5. The van der Waals surface area contributed by atoms with E-state index in [4.69, 9.17) is 9.84 Å². The highest BCUT2D eigenvalue weighted by Gasteiger charge is 2.29. The number of likely N-dealkylation sites (tertiary alicyclic amines) is 1. The smallest absolute Gasteiger partial charge is 0.246 e. The fourth-order valence-electron chi connectivity index (χ4n) is 4.22. The summed E-state index contributed by atoms with van der Waals surface area (Å²) in [6.07, 6.45) is 5.39. The van der Waals surface area contributed by atoms with Gasteiger partial charge in [-0.05, 0) is 48.9 Å². The number of benzene rings is 2. The summed E-state index contributed by atoms with van der Waals surface area (Å²) in [5.41, 5.74) is 2.84. The number of hydrogen-bond donors (Lipinski definition) is 0. The molecule has 33 heavy (non-hydrogen) atoms. The van der Waals surface area contributed by atoms with Crippen molar-refractivity contribution in [1.29, 1.82) is 5.26 Å². The predicted molar refractivity (Wildman–Crippen MR) is 125 cm³/mol. The first kappa shape index (κ1) is 20.5. The van der Waals surface area contributed by atoms with Crippen LogP contribution >= 0.6 is 0 Å². The molecule has 0 saturated carbocycles. The first-order valence-electron chi connectivity index (χ1n) is 10.7. The number of carbonyl (C=O) groups excluding carboxylic acids is 1. The van der Waals surface area contributed by atoms with Crippen molar-refractivity contribution in [2.45, 2.75) is 12.5 Å². The lowest BCUT2D eigenvalue weighted by molar-refractivity contribution is -0.125. The molecule has 1 aliphatic rings. The lowest BCUT2D eigenvalue weighted by Gasteiger charge is -2.15. The van der Waals surface area contributed by atoms with Crippen molar-refractivity contribution < 1.29 is 9.53 Å². The summed E-state index contributed by atoms with van der Waals surface area (Å²) >= 11 is 0. The lowest BCUT2D eigenvalue weighted by atomic mass is 10.1. The molecule has 1 fully saturated rings. The molecule has 7 nitrogen and oxygen atoms in total. The van der Waals surface area contributed by atoms with Crippen molar-refractivity contribution in [3.05, 3.63) is 85.2 Å². The van der Waals surface area contributed by atoms with Crippen LogP contribution in [-0.4, -0.2) is 38.7 Å². The molecule has 2 aromatic carbocycles. The Balaban J connectivity index is 1.52. The summed E-state index contributed by atoms with van der Waals surface area (Å²) < 4.78 is 7.78. The molecule has 0 spiro atoms. The van der Waals surface area contributed by atoms with E-state index in [-0.39, 0.29) is 11.9 Å². The second-order valence-corrected chi connectivity index (χ2v) is 7.86. The maximum absolute atomic E-state index is 12.1. The Morgan fingerprint density at radius 3 is 2.61 bits per heavy atom. The van der Waals surface area contributed by atoms with Gasteiger partial charge in [-0.3, -0.25) is 14.5 Å². The first-order chi connectivity index (χ1) is 16.2. The summed E-state index contributed by atoms with van der Waals surface area (Å²) in [5, 5.41) is 15.4. The van der Waals surface area contributed by atoms with Gasteiger partial charge in [-0.15, -0.1) is 0 Å². The largest absolute Gasteiger partial charge is 0.457 e. The zero-order chi connectivity index (χ0) is 22.8. The molecular weight excluding hydrogens is 414 g/mol. The Kier molecular flexibility index (Phi) is 5.33. The average molecular weight is 435 g/mol. The van der Waals surface area contributed by atoms with Crippen molar-refractivity contribution in [2.24, 2.45) is 0 Å². The SMILES string of the molecule is C=CC(=O)N1CCC(n2nc(-c3ccc(Oc4ccccc4)cc3)c3cncc(C#N)c32)C1. The molecule has 3 heterocycles. The normalized spacial score (nSPS) is 15.4. The Hall–Kier alpha value is -4.44. The molecule has 1 unspecified atom stereocenters. The van der Waals surface area contributed by atoms with E-state index in [1.54, 1.807) is 17.3 Å². The third-order valence-corrected chi connectivity index (χ3v) is 5.83. The van der Waals surface area contributed by atoms with Crippen molar-refractivity contribution in [1.82, 2.24) is 19.7 Å². The van der Waals surface area contributed by atoms with Gasteiger partial charge >= 0.3 is 0 Å². The average Bonchev–Trinajstić information content (AvgIpc) is 3.50. The van der Waals surface area contributed by atoms with Crippen LogP contribution in [0.4, 0.5) is 0 Å². The quantitative estimate of drug-likeness (QED) is 0.424. The Bertz CT molecular complexity index is 1370. The second-order valence-electron chi connectivity index (χ2n) is 7.86. The Morgan fingerprint density at radius 2 is 1.88 bits per heavy atom. The molecule has 1 saturated heterocycles. The van der Waals surface area contributed by atoms with Crippen molar-refractivity contribution >= 4 is 16.8 Å². The van der Waals surface area contributed by atoms with Crippen LogP contribution < -0.4 is 4.74 Å². The van der Waals surface area contributed by atoms with E-state index in [0.717, 1.165) is 40.1 Å². The van der Waals surface area contributed by atoms with Crippen molar-refractivity contribution in [3.8, 4) is 28.8 Å². The van der Waals surface area contributed by atoms with Crippen LogP contribution in [0, 0.1) is 11.3 Å². The minimum absolute atomic E-state index is 0.0275. The number of nitriles is 1. The van der Waals surface area contributed by atoms with E-state index in [1.807, 2.05) is 59.3 Å². The van der Waals surface area contributed by atoms with E-state index in [9.17, 15) is 10.1 Å². The summed E-state index contributed by atoms with van der Waals surface area (Å²) in [6, 6.07) is 19.5. The van der Waals surface area contributed by atoms with E-state index in [1.165, 1.54) is 6.08 Å². The van der Waals surface area contributed by atoms with Crippen LogP contribution in [-0.2, 0) is 4.79 Å². The molecule has 2 aromatic heterocycles. The maximum atomic E-state index is 12.1. The molecule has 0 N–H and O–H groups in total. The highest BCUT2D eigenvalue weighted by atomic mass is 16.5.